The molecule has 0 bridgehead atoms. The Hall–Kier alpha value is -3.00. The summed E-state index contributed by atoms with van der Waals surface area (Å²) in [7, 11) is 0. The van der Waals surface area contributed by atoms with Crippen LogP contribution in [0.4, 0.5) is 5.69 Å². The van der Waals surface area contributed by atoms with Gasteiger partial charge in [0.1, 0.15) is 12.4 Å². The van der Waals surface area contributed by atoms with Crippen molar-refractivity contribution in [3.8, 4) is 5.88 Å². The molecule has 2 fully saturated rings. The van der Waals surface area contributed by atoms with E-state index in [4.69, 9.17) is 4.74 Å². The van der Waals surface area contributed by atoms with E-state index in [-0.39, 0.29) is 11.7 Å². The Kier molecular flexibility index (Phi) is 6.03. The minimum Gasteiger partial charge on any atom is -0.474 e. The van der Waals surface area contributed by atoms with Crippen molar-refractivity contribution in [3.63, 3.8) is 0 Å². The van der Waals surface area contributed by atoms with Crippen molar-refractivity contribution in [2.75, 3.05) is 37.6 Å². The molecule has 3 heterocycles. The summed E-state index contributed by atoms with van der Waals surface area (Å²) in [6.07, 6.45) is 8.21. The highest BCUT2D eigenvalue weighted by atomic mass is 16.5. The number of hydrogen-bond donors (Lipinski definition) is 0. The monoisotopic (exact) mass is 434 g/mol. The predicted octanol–water partition coefficient (Wildman–Crippen LogP) is 2.64. The summed E-state index contributed by atoms with van der Waals surface area (Å²) in [6, 6.07) is 7.97. The average Bonchev–Trinajstić information content (AvgIpc) is 3.32. The maximum absolute atomic E-state index is 12.1. The van der Waals surface area contributed by atoms with Crippen molar-refractivity contribution in [2.45, 2.75) is 45.3 Å². The van der Waals surface area contributed by atoms with E-state index in [1.54, 1.807) is 23.3 Å². The molecule has 0 radical (unpaired) electrons. The summed E-state index contributed by atoms with van der Waals surface area (Å²) in [4.78, 5) is 30.0. The zero-order valence-electron chi connectivity index (χ0n) is 18.6. The molecule has 1 saturated carbocycles. The highest BCUT2D eigenvalue weighted by Crippen LogP contribution is 2.30. The van der Waals surface area contributed by atoms with Crippen molar-refractivity contribution in [1.29, 1.82) is 0 Å². The van der Waals surface area contributed by atoms with Crippen LogP contribution in [0.25, 0.3) is 10.9 Å². The van der Waals surface area contributed by atoms with Crippen molar-refractivity contribution in [3.05, 3.63) is 53.0 Å². The molecule has 1 aliphatic heterocycles. The van der Waals surface area contributed by atoms with Crippen LogP contribution in [0.1, 0.15) is 31.4 Å². The van der Waals surface area contributed by atoms with Crippen molar-refractivity contribution >= 4 is 16.6 Å². The number of benzene rings is 1. The maximum atomic E-state index is 12.1. The van der Waals surface area contributed by atoms with Crippen LogP contribution in [-0.2, 0) is 6.54 Å². The van der Waals surface area contributed by atoms with E-state index < -0.39 is 0 Å². The lowest BCUT2D eigenvalue weighted by Crippen LogP contribution is -2.47. The lowest BCUT2D eigenvalue weighted by Gasteiger charge is -2.36. The molecule has 1 aromatic carbocycles. The molecule has 32 heavy (non-hydrogen) atoms. The summed E-state index contributed by atoms with van der Waals surface area (Å²) < 4.78 is 7.92. The average molecular weight is 435 g/mol. The summed E-state index contributed by atoms with van der Waals surface area (Å²) in [5.41, 5.74) is 2.89. The first kappa shape index (κ1) is 20.9. The third kappa shape index (κ3) is 4.60. The second-order valence-corrected chi connectivity index (χ2v) is 8.80. The van der Waals surface area contributed by atoms with Gasteiger partial charge in [-0.1, -0.05) is 0 Å². The first-order chi connectivity index (χ1) is 15.7. The van der Waals surface area contributed by atoms with Gasteiger partial charge in [0.2, 0.25) is 5.88 Å². The molecule has 2 aromatic heterocycles. The van der Waals surface area contributed by atoms with Gasteiger partial charge in [-0.05, 0) is 50.8 Å². The van der Waals surface area contributed by atoms with E-state index in [0.29, 0.717) is 12.4 Å². The SMILES string of the molecule is Cc1cc(=O)n(CCN2CCN(c3ccc4ncnc(OC5CCCC5)c4c3)CC2)cn1. The zero-order valence-corrected chi connectivity index (χ0v) is 18.6. The molecule has 0 spiro atoms. The molecule has 2 aliphatic rings. The number of aryl methyl sites for hydroxylation is 1. The molecule has 3 aromatic rings. The fourth-order valence-electron chi connectivity index (χ4n) is 4.64. The molecule has 168 valence electrons. The molecule has 1 saturated heterocycles. The Morgan fingerprint density at radius 3 is 2.59 bits per heavy atom. The van der Waals surface area contributed by atoms with E-state index in [9.17, 15) is 4.79 Å². The quantitative estimate of drug-likeness (QED) is 0.590. The Morgan fingerprint density at radius 2 is 1.81 bits per heavy atom. The van der Waals surface area contributed by atoms with Gasteiger partial charge in [0.05, 0.1) is 17.2 Å². The van der Waals surface area contributed by atoms with Crippen LogP contribution < -0.4 is 15.2 Å². The predicted molar refractivity (Wildman–Crippen MR) is 124 cm³/mol. The molecular weight excluding hydrogens is 404 g/mol. The molecule has 0 amide bonds. The fraction of sp³-hybridized carbons (Fsp3) is 0.500. The van der Waals surface area contributed by atoms with Gasteiger partial charge in [-0.25, -0.2) is 15.0 Å². The van der Waals surface area contributed by atoms with Crippen molar-refractivity contribution < 1.29 is 4.74 Å². The van der Waals surface area contributed by atoms with Crippen LogP contribution in [0.3, 0.4) is 0 Å². The van der Waals surface area contributed by atoms with E-state index in [2.05, 4.69) is 43.0 Å². The largest absolute Gasteiger partial charge is 0.474 e. The number of anilines is 1. The number of aromatic nitrogens is 4. The highest BCUT2D eigenvalue weighted by Gasteiger charge is 2.21. The molecule has 5 rings (SSSR count). The second kappa shape index (κ2) is 9.24. The van der Waals surface area contributed by atoms with Crippen molar-refractivity contribution in [2.24, 2.45) is 0 Å². The summed E-state index contributed by atoms with van der Waals surface area (Å²) in [6.45, 7) is 7.17. The Morgan fingerprint density at radius 1 is 1.00 bits per heavy atom. The summed E-state index contributed by atoms with van der Waals surface area (Å²) in [5.74, 6) is 0.708. The molecule has 8 nitrogen and oxygen atoms in total. The molecule has 0 N–H and O–H groups in total. The van der Waals surface area contributed by atoms with Gasteiger partial charge in [0.15, 0.2) is 0 Å². The molecule has 0 atom stereocenters. The van der Waals surface area contributed by atoms with E-state index in [1.807, 2.05) is 6.92 Å². The number of nitrogens with zero attached hydrogens (tertiary/aromatic N) is 6. The summed E-state index contributed by atoms with van der Waals surface area (Å²) in [5, 5.41) is 0.991. The fourth-order valence-corrected chi connectivity index (χ4v) is 4.64. The molecular formula is C24H30N6O2. The van der Waals surface area contributed by atoms with Gasteiger partial charge in [-0.3, -0.25) is 14.3 Å². The van der Waals surface area contributed by atoms with Gasteiger partial charge in [0, 0.05) is 56.7 Å². The van der Waals surface area contributed by atoms with Crippen LogP contribution in [0.15, 0.2) is 41.7 Å². The minimum atomic E-state index is 0.0187. The number of ether oxygens (including phenoxy) is 1. The molecule has 0 unspecified atom stereocenters. The normalized spacial score (nSPS) is 17.8. The van der Waals surface area contributed by atoms with Gasteiger partial charge in [-0.2, -0.15) is 0 Å². The molecule has 8 heteroatoms. The van der Waals surface area contributed by atoms with Gasteiger partial charge >= 0.3 is 0 Å². The van der Waals surface area contributed by atoms with Gasteiger partial charge < -0.3 is 9.64 Å². The maximum Gasteiger partial charge on any atom is 0.253 e. The number of rotatable bonds is 6. The lowest BCUT2D eigenvalue weighted by molar-refractivity contribution is 0.204. The highest BCUT2D eigenvalue weighted by molar-refractivity contribution is 5.86. The van der Waals surface area contributed by atoms with Crippen LogP contribution in [0.2, 0.25) is 0 Å². The van der Waals surface area contributed by atoms with Crippen molar-refractivity contribution in [1.82, 2.24) is 24.4 Å². The third-order valence-corrected chi connectivity index (χ3v) is 6.57. The smallest absolute Gasteiger partial charge is 0.253 e. The summed E-state index contributed by atoms with van der Waals surface area (Å²) >= 11 is 0. The zero-order chi connectivity index (χ0) is 21.9. The number of fused-ring (bicyclic) bond motifs is 1. The molecule has 1 aliphatic carbocycles. The second-order valence-electron chi connectivity index (χ2n) is 8.80. The van der Waals surface area contributed by atoms with Crippen LogP contribution in [0.5, 0.6) is 5.88 Å². The van der Waals surface area contributed by atoms with Crippen LogP contribution in [-0.4, -0.2) is 63.2 Å². The number of hydrogen-bond acceptors (Lipinski definition) is 7. The van der Waals surface area contributed by atoms with E-state index >= 15 is 0 Å². The first-order valence-corrected chi connectivity index (χ1v) is 11.6. The van der Waals surface area contributed by atoms with E-state index in [0.717, 1.165) is 62.2 Å². The van der Waals surface area contributed by atoms with Crippen LogP contribution in [0, 0.1) is 6.92 Å². The van der Waals surface area contributed by atoms with Crippen LogP contribution >= 0.6 is 0 Å². The Bertz CT molecular complexity index is 1130. The first-order valence-electron chi connectivity index (χ1n) is 11.6. The van der Waals surface area contributed by atoms with Gasteiger partial charge in [-0.15, -0.1) is 0 Å². The Labute approximate surface area is 187 Å². The minimum absolute atomic E-state index is 0.0187. The standard InChI is InChI=1S/C24H30N6O2/c1-18-14-23(31)30(17-27-18)13-10-28-8-11-29(12-9-28)19-6-7-22-21(15-19)24(26-16-25-22)32-20-4-2-3-5-20/h6-7,14-17,20H,2-5,8-13H2,1H3. The van der Waals surface area contributed by atoms with Gasteiger partial charge in [0.25, 0.3) is 5.56 Å². The number of piperazine rings is 1. The topological polar surface area (TPSA) is 76.4 Å². The third-order valence-electron chi connectivity index (χ3n) is 6.57. The lowest BCUT2D eigenvalue weighted by atomic mass is 10.2. The van der Waals surface area contributed by atoms with E-state index in [1.165, 1.54) is 18.5 Å². The Balaban J connectivity index is 1.23.